The van der Waals surface area contributed by atoms with E-state index >= 15 is 0 Å². The van der Waals surface area contributed by atoms with Gasteiger partial charge in [0.15, 0.2) is 6.61 Å². The highest BCUT2D eigenvalue weighted by molar-refractivity contribution is 14.1. The van der Waals surface area contributed by atoms with Gasteiger partial charge < -0.3 is 15.0 Å². The zero-order chi connectivity index (χ0) is 22.9. The topological polar surface area (TPSA) is 58.6 Å². The molecule has 3 aromatic rings. The van der Waals surface area contributed by atoms with E-state index in [0.29, 0.717) is 18.7 Å². The fraction of sp³-hybridized carbons (Fsp3) is 0.231. The van der Waals surface area contributed by atoms with Gasteiger partial charge in [0, 0.05) is 23.6 Å². The molecule has 0 aliphatic rings. The van der Waals surface area contributed by atoms with Crippen molar-refractivity contribution in [2.24, 2.45) is 0 Å². The van der Waals surface area contributed by atoms with Crippen LogP contribution in [0.25, 0.3) is 0 Å². The van der Waals surface area contributed by atoms with E-state index in [1.54, 1.807) is 11.9 Å². The molecule has 2 amide bonds. The van der Waals surface area contributed by atoms with E-state index in [2.05, 4.69) is 27.9 Å². The van der Waals surface area contributed by atoms with Gasteiger partial charge in [0.05, 0.1) is 0 Å². The second-order valence-electron chi connectivity index (χ2n) is 7.51. The predicted molar refractivity (Wildman–Crippen MR) is 134 cm³/mol. The first-order valence-electron chi connectivity index (χ1n) is 10.5. The second kappa shape index (κ2) is 11.7. The Morgan fingerprint density at radius 3 is 2.28 bits per heavy atom. The molecule has 0 aliphatic carbocycles. The van der Waals surface area contributed by atoms with Crippen LogP contribution in [0.15, 0.2) is 78.9 Å². The van der Waals surface area contributed by atoms with Gasteiger partial charge in [-0.05, 0) is 70.5 Å². The van der Waals surface area contributed by atoms with Crippen LogP contribution in [0.3, 0.4) is 0 Å². The Labute approximate surface area is 202 Å². The highest BCUT2D eigenvalue weighted by atomic mass is 127. The number of hydrogen-bond donors (Lipinski definition) is 1. The number of nitrogens with zero attached hydrogens (tertiary/aromatic N) is 1. The molecule has 166 valence electrons. The molecule has 0 aromatic heterocycles. The molecule has 0 saturated heterocycles. The molecular formula is C26H27IN2O3. The maximum Gasteiger partial charge on any atom is 0.261 e. The molecule has 0 bridgehead atoms. The SMILES string of the molecule is CNC(=O)C(Cc1ccccc1)N(Cc1ccccc1C)C(=O)COc1ccc(I)cc1. The minimum Gasteiger partial charge on any atom is -0.484 e. The number of ether oxygens (including phenoxy) is 1. The average molecular weight is 542 g/mol. The molecule has 5 nitrogen and oxygen atoms in total. The molecule has 32 heavy (non-hydrogen) atoms. The van der Waals surface area contributed by atoms with Crippen molar-refractivity contribution in [1.82, 2.24) is 10.2 Å². The molecule has 0 aliphatic heterocycles. The molecule has 0 spiro atoms. The van der Waals surface area contributed by atoms with E-state index in [1.165, 1.54) is 0 Å². The first kappa shape index (κ1) is 23.8. The van der Waals surface area contributed by atoms with Crippen molar-refractivity contribution < 1.29 is 14.3 Å². The molecular weight excluding hydrogens is 515 g/mol. The lowest BCUT2D eigenvalue weighted by Crippen LogP contribution is -2.51. The average Bonchev–Trinajstić information content (AvgIpc) is 2.82. The number of nitrogens with one attached hydrogen (secondary N) is 1. The number of benzene rings is 3. The highest BCUT2D eigenvalue weighted by Gasteiger charge is 2.30. The summed E-state index contributed by atoms with van der Waals surface area (Å²) in [6.45, 7) is 2.19. The van der Waals surface area contributed by atoms with Crippen LogP contribution in [0, 0.1) is 10.5 Å². The number of likely N-dealkylation sites (N-methyl/N-ethyl adjacent to an activating group) is 1. The van der Waals surface area contributed by atoms with Crippen molar-refractivity contribution in [2.75, 3.05) is 13.7 Å². The summed E-state index contributed by atoms with van der Waals surface area (Å²) in [6.07, 6.45) is 0.418. The van der Waals surface area contributed by atoms with Crippen LogP contribution in [-0.4, -0.2) is 36.4 Å². The maximum atomic E-state index is 13.4. The monoisotopic (exact) mass is 542 g/mol. The van der Waals surface area contributed by atoms with Crippen LogP contribution in [-0.2, 0) is 22.6 Å². The van der Waals surface area contributed by atoms with Crippen LogP contribution in [0.5, 0.6) is 5.75 Å². The Morgan fingerprint density at radius 1 is 0.969 bits per heavy atom. The molecule has 0 radical (unpaired) electrons. The van der Waals surface area contributed by atoms with E-state index in [-0.39, 0.29) is 18.4 Å². The first-order valence-corrected chi connectivity index (χ1v) is 11.5. The molecule has 0 saturated carbocycles. The number of halogens is 1. The van der Waals surface area contributed by atoms with Gasteiger partial charge in [0.1, 0.15) is 11.8 Å². The second-order valence-corrected chi connectivity index (χ2v) is 8.76. The van der Waals surface area contributed by atoms with E-state index < -0.39 is 6.04 Å². The zero-order valence-corrected chi connectivity index (χ0v) is 20.4. The number of rotatable bonds is 9. The number of carbonyl (C=O) groups is 2. The molecule has 3 rings (SSSR count). The molecule has 1 N–H and O–H groups in total. The van der Waals surface area contributed by atoms with Gasteiger partial charge in [-0.2, -0.15) is 0 Å². The van der Waals surface area contributed by atoms with Crippen molar-refractivity contribution in [2.45, 2.75) is 25.9 Å². The summed E-state index contributed by atoms with van der Waals surface area (Å²) in [7, 11) is 1.60. The van der Waals surface area contributed by atoms with Crippen LogP contribution >= 0.6 is 22.6 Å². The van der Waals surface area contributed by atoms with Crippen LogP contribution in [0.2, 0.25) is 0 Å². The van der Waals surface area contributed by atoms with Gasteiger partial charge in [0.2, 0.25) is 5.91 Å². The third-order valence-electron chi connectivity index (χ3n) is 5.30. The number of aryl methyl sites for hydroxylation is 1. The highest BCUT2D eigenvalue weighted by Crippen LogP contribution is 2.18. The fourth-order valence-electron chi connectivity index (χ4n) is 3.45. The van der Waals surface area contributed by atoms with E-state index in [4.69, 9.17) is 4.74 Å². The Balaban J connectivity index is 1.87. The van der Waals surface area contributed by atoms with Gasteiger partial charge in [-0.1, -0.05) is 54.6 Å². The zero-order valence-electron chi connectivity index (χ0n) is 18.3. The lowest BCUT2D eigenvalue weighted by atomic mass is 10.0. The molecule has 0 heterocycles. The molecule has 6 heteroatoms. The van der Waals surface area contributed by atoms with Gasteiger partial charge in [-0.3, -0.25) is 9.59 Å². The van der Waals surface area contributed by atoms with Gasteiger partial charge in [0.25, 0.3) is 5.91 Å². The Kier molecular flexibility index (Phi) is 8.67. The lowest BCUT2D eigenvalue weighted by molar-refractivity contribution is -0.142. The maximum absolute atomic E-state index is 13.4. The lowest BCUT2D eigenvalue weighted by Gasteiger charge is -2.31. The molecule has 1 atom stereocenters. The van der Waals surface area contributed by atoms with E-state index in [9.17, 15) is 9.59 Å². The van der Waals surface area contributed by atoms with E-state index in [1.807, 2.05) is 85.8 Å². The van der Waals surface area contributed by atoms with Crippen molar-refractivity contribution in [3.8, 4) is 5.75 Å². The third-order valence-corrected chi connectivity index (χ3v) is 6.01. The van der Waals surface area contributed by atoms with Crippen molar-refractivity contribution in [3.05, 3.63) is 99.1 Å². The largest absolute Gasteiger partial charge is 0.484 e. The van der Waals surface area contributed by atoms with Crippen LogP contribution in [0.1, 0.15) is 16.7 Å². The van der Waals surface area contributed by atoms with Crippen molar-refractivity contribution in [1.29, 1.82) is 0 Å². The van der Waals surface area contributed by atoms with E-state index in [0.717, 1.165) is 20.3 Å². The third kappa shape index (κ3) is 6.56. The number of hydrogen-bond acceptors (Lipinski definition) is 3. The first-order chi connectivity index (χ1) is 15.5. The van der Waals surface area contributed by atoms with Gasteiger partial charge >= 0.3 is 0 Å². The van der Waals surface area contributed by atoms with Crippen molar-refractivity contribution >= 4 is 34.4 Å². The Bertz CT molecular complexity index is 1040. The Hall–Kier alpha value is -2.87. The summed E-state index contributed by atoms with van der Waals surface area (Å²) < 4.78 is 6.85. The molecule has 1 unspecified atom stereocenters. The van der Waals surface area contributed by atoms with Gasteiger partial charge in [-0.15, -0.1) is 0 Å². The Morgan fingerprint density at radius 2 is 1.62 bits per heavy atom. The molecule has 3 aromatic carbocycles. The van der Waals surface area contributed by atoms with Crippen molar-refractivity contribution in [3.63, 3.8) is 0 Å². The van der Waals surface area contributed by atoms with Crippen LogP contribution in [0.4, 0.5) is 0 Å². The summed E-state index contributed by atoms with van der Waals surface area (Å²) in [6, 6.07) is 24.5. The van der Waals surface area contributed by atoms with Gasteiger partial charge in [-0.25, -0.2) is 0 Å². The summed E-state index contributed by atoms with van der Waals surface area (Å²) in [5.74, 6) is 0.176. The fourth-order valence-corrected chi connectivity index (χ4v) is 3.81. The summed E-state index contributed by atoms with van der Waals surface area (Å²) >= 11 is 2.22. The summed E-state index contributed by atoms with van der Waals surface area (Å²) in [5, 5.41) is 2.73. The summed E-state index contributed by atoms with van der Waals surface area (Å²) in [5.41, 5.74) is 3.05. The normalized spacial score (nSPS) is 11.5. The molecule has 0 fully saturated rings. The number of amides is 2. The summed E-state index contributed by atoms with van der Waals surface area (Å²) in [4.78, 5) is 27.9. The minimum atomic E-state index is -0.658. The minimum absolute atomic E-state index is 0.144. The van der Waals surface area contributed by atoms with Crippen LogP contribution < -0.4 is 10.1 Å². The smallest absolute Gasteiger partial charge is 0.261 e. The predicted octanol–water partition coefficient (Wildman–Crippen LogP) is 4.36. The standard InChI is InChI=1S/C26H27IN2O3/c1-19-8-6-7-11-21(19)17-29(25(30)18-32-23-14-12-22(27)13-15-23)24(26(31)28-2)16-20-9-4-3-5-10-20/h3-15,24H,16-18H2,1-2H3,(H,28,31). The quantitative estimate of drug-likeness (QED) is 0.409. The number of carbonyl (C=O) groups excluding carboxylic acids is 2.